The molecule has 0 saturated carbocycles. The zero-order chi connectivity index (χ0) is 16.3. The van der Waals surface area contributed by atoms with E-state index in [4.69, 9.17) is 10.5 Å². The number of nitrogens with two attached hydrogens (primary N) is 1. The van der Waals surface area contributed by atoms with Gasteiger partial charge in [-0.05, 0) is 50.8 Å². The molecule has 0 unspecified atom stereocenters. The van der Waals surface area contributed by atoms with Gasteiger partial charge < -0.3 is 15.4 Å². The average Bonchev–Trinajstić information content (AvgIpc) is 2.50. The van der Waals surface area contributed by atoms with Crippen molar-refractivity contribution in [3.63, 3.8) is 0 Å². The number of nitrogens with zero attached hydrogens (tertiary/aromatic N) is 1. The molecule has 1 atom stereocenters. The van der Waals surface area contributed by atoms with Crippen molar-refractivity contribution in [2.75, 3.05) is 13.1 Å². The smallest absolute Gasteiger partial charge is 0.263 e. The molecular weight excluding hydrogens is 280 g/mol. The Labute approximate surface area is 131 Å². The van der Waals surface area contributed by atoms with Gasteiger partial charge in [0.2, 0.25) is 5.91 Å². The molecule has 1 aliphatic rings. The van der Waals surface area contributed by atoms with Crippen LogP contribution in [0.15, 0.2) is 18.2 Å². The summed E-state index contributed by atoms with van der Waals surface area (Å²) in [7, 11) is 0. The van der Waals surface area contributed by atoms with E-state index in [0.29, 0.717) is 25.9 Å². The highest BCUT2D eigenvalue weighted by Crippen LogP contribution is 2.22. The normalized spacial score (nSPS) is 17.1. The molecule has 1 aromatic carbocycles. The van der Waals surface area contributed by atoms with Gasteiger partial charge in [-0.2, -0.15) is 0 Å². The van der Waals surface area contributed by atoms with E-state index < -0.39 is 6.10 Å². The van der Waals surface area contributed by atoms with Crippen LogP contribution in [-0.4, -0.2) is 35.9 Å². The maximum atomic E-state index is 12.5. The highest BCUT2D eigenvalue weighted by atomic mass is 16.5. The van der Waals surface area contributed by atoms with Gasteiger partial charge in [-0.1, -0.05) is 12.1 Å². The number of hydrogen-bond donors (Lipinski definition) is 1. The minimum atomic E-state index is -0.536. The van der Waals surface area contributed by atoms with Gasteiger partial charge in [0.05, 0.1) is 0 Å². The van der Waals surface area contributed by atoms with Crippen LogP contribution in [0.25, 0.3) is 0 Å². The zero-order valence-electron chi connectivity index (χ0n) is 13.5. The van der Waals surface area contributed by atoms with Crippen LogP contribution in [0, 0.1) is 19.8 Å². The highest BCUT2D eigenvalue weighted by molar-refractivity contribution is 5.82. The molecular formula is C17H24N2O3. The first-order valence-corrected chi connectivity index (χ1v) is 7.70. The summed E-state index contributed by atoms with van der Waals surface area (Å²) in [5.41, 5.74) is 7.43. The largest absolute Gasteiger partial charge is 0.481 e. The number of ether oxygens (including phenoxy) is 1. The number of amides is 2. The summed E-state index contributed by atoms with van der Waals surface area (Å²) in [4.78, 5) is 25.4. The monoisotopic (exact) mass is 304 g/mol. The fraction of sp³-hybridized carbons (Fsp3) is 0.529. The van der Waals surface area contributed by atoms with E-state index in [1.54, 1.807) is 11.8 Å². The molecule has 1 fully saturated rings. The number of aryl methyl sites for hydroxylation is 2. The number of primary amides is 1. The lowest BCUT2D eigenvalue weighted by atomic mass is 9.96. The van der Waals surface area contributed by atoms with Crippen LogP contribution in [0.5, 0.6) is 5.75 Å². The van der Waals surface area contributed by atoms with Crippen LogP contribution in [0.1, 0.15) is 30.9 Å². The molecule has 0 bridgehead atoms. The van der Waals surface area contributed by atoms with E-state index in [2.05, 4.69) is 0 Å². The topological polar surface area (TPSA) is 72.6 Å². The average molecular weight is 304 g/mol. The van der Waals surface area contributed by atoms with E-state index in [1.165, 1.54) is 0 Å². The van der Waals surface area contributed by atoms with Gasteiger partial charge in [-0.15, -0.1) is 0 Å². The third-order valence-corrected chi connectivity index (χ3v) is 4.20. The number of likely N-dealkylation sites (tertiary alicyclic amines) is 1. The van der Waals surface area contributed by atoms with E-state index in [-0.39, 0.29) is 17.7 Å². The first kappa shape index (κ1) is 16.3. The molecule has 2 N–H and O–H groups in total. The number of rotatable bonds is 4. The predicted octanol–water partition coefficient (Wildman–Crippen LogP) is 1.79. The molecule has 1 saturated heterocycles. The Bertz CT molecular complexity index is 563. The van der Waals surface area contributed by atoms with Crippen molar-refractivity contribution in [3.05, 3.63) is 29.3 Å². The van der Waals surface area contributed by atoms with Crippen LogP contribution in [0.4, 0.5) is 0 Å². The molecule has 22 heavy (non-hydrogen) atoms. The molecule has 0 radical (unpaired) electrons. The van der Waals surface area contributed by atoms with Crippen molar-refractivity contribution >= 4 is 11.8 Å². The van der Waals surface area contributed by atoms with Crippen molar-refractivity contribution in [1.82, 2.24) is 4.90 Å². The summed E-state index contributed by atoms with van der Waals surface area (Å²) in [6.45, 7) is 6.85. The molecule has 120 valence electrons. The Hall–Kier alpha value is -2.04. The number of piperidine rings is 1. The molecule has 0 aliphatic carbocycles. The number of hydrogen-bond acceptors (Lipinski definition) is 3. The maximum absolute atomic E-state index is 12.5. The van der Waals surface area contributed by atoms with E-state index >= 15 is 0 Å². The van der Waals surface area contributed by atoms with Crippen molar-refractivity contribution in [1.29, 1.82) is 0 Å². The van der Waals surface area contributed by atoms with E-state index in [0.717, 1.165) is 16.9 Å². The molecule has 1 heterocycles. The fourth-order valence-corrected chi connectivity index (χ4v) is 2.72. The second-order valence-corrected chi connectivity index (χ2v) is 6.03. The maximum Gasteiger partial charge on any atom is 0.263 e. The summed E-state index contributed by atoms with van der Waals surface area (Å²) in [6.07, 6.45) is 0.736. The molecule has 2 rings (SSSR count). The van der Waals surface area contributed by atoms with Gasteiger partial charge in [0.1, 0.15) is 5.75 Å². The predicted molar refractivity (Wildman–Crippen MR) is 84.5 cm³/mol. The quantitative estimate of drug-likeness (QED) is 0.922. The molecule has 0 aromatic heterocycles. The Morgan fingerprint density at radius 3 is 2.50 bits per heavy atom. The van der Waals surface area contributed by atoms with Gasteiger partial charge in [0.25, 0.3) is 5.91 Å². The third-order valence-electron chi connectivity index (χ3n) is 4.20. The Balaban J connectivity index is 1.95. The Morgan fingerprint density at radius 2 is 1.91 bits per heavy atom. The van der Waals surface area contributed by atoms with Crippen molar-refractivity contribution in [3.8, 4) is 5.75 Å². The zero-order valence-corrected chi connectivity index (χ0v) is 13.5. The first-order chi connectivity index (χ1) is 10.4. The summed E-state index contributed by atoms with van der Waals surface area (Å²) in [6, 6.07) is 5.95. The second kappa shape index (κ2) is 6.81. The SMILES string of the molecule is Cc1ccc(C)c(O[C@@H](C)C(=O)N2CCC(C(N)=O)CC2)c1. The molecule has 2 amide bonds. The van der Waals surface area contributed by atoms with Gasteiger partial charge in [0.15, 0.2) is 6.10 Å². The Kier molecular flexibility index (Phi) is 5.06. The van der Waals surface area contributed by atoms with Crippen LogP contribution in [0.2, 0.25) is 0 Å². The molecule has 5 heteroatoms. The lowest BCUT2D eigenvalue weighted by Crippen LogP contribution is -2.46. The molecule has 0 spiro atoms. The standard InChI is InChI=1S/C17H24N2O3/c1-11-4-5-12(2)15(10-11)22-13(3)17(21)19-8-6-14(7-9-19)16(18)20/h4-5,10,13-14H,6-9H2,1-3H3,(H2,18,20)/t13-/m0/s1. The minimum absolute atomic E-state index is 0.0381. The van der Waals surface area contributed by atoms with Crippen molar-refractivity contribution in [2.45, 2.75) is 39.7 Å². The number of benzene rings is 1. The number of carbonyl (C=O) groups excluding carboxylic acids is 2. The summed E-state index contributed by atoms with van der Waals surface area (Å²) < 4.78 is 5.83. The third kappa shape index (κ3) is 3.78. The van der Waals surface area contributed by atoms with Crippen LogP contribution >= 0.6 is 0 Å². The van der Waals surface area contributed by atoms with Gasteiger partial charge in [-0.25, -0.2) is 0 Å². The summed E-state index contributed by atoms with van der Waals surface area (Å²) in [5, 5.41) is 0. The van der Waals surface area contributed by atoms with Crippen LogP contribution in [0.3, 0.4) is 0 Å². The van der Waals surface area contributed by atoms with Gasteiger partial charge in [0, 0.05) is 19.0 Å². The minimum Gasteiger partial charge on any atom is -0.481 e. The van der Waals surface area contributed by atoms with E-state index in [1.807, 2.05) is 32.0 Å². The molecule has 1 aliphatic heterocycles. The van der Waals surface area contributed by atoms with Crippen LogP contribution < -0.4 is 10.5 Å². The van der Waals surface area contributed by atoms with Gasteiger partial charge in [-0.3, -0.25) is 9.59 Å². The highest BCUT2D eigenvalue weighted by Gasteiger charge is 2.29. The summed E-state index contributed by atoms with van der Waals surface area (Å²) >= 11 is 0. The van der Waals surface area contributed by atoms with E-state index in [9.17, 15) is 9.59 Å². The lowest BCUT2D eigenvalue weighted by molar-refractivity contribution is -0.140. The Morgan fingerprint density at radius 1 is 1.27 bits per heavy atom. The second-order valence-electron chi connectivity index (χ2n) is 6.03. The molecule has 5 nitrogen and oxygen atoms in total. The summed E-state index contributed by atoms with van der Waals surface area (Å²) in [5.74, 6) is 0.322. The molecule has 1 aromatic rings. The first-order valence-electron chi connectivity index (χ1n) is 7.70. The lowest BCUT2D eigenvalue weighted by Gasteiger charge is -2.32. The van der Waals surface area contributed by atoms with Crippen LogP contribution in [-0.2, 0) is 9.59 Å². The number of carbonyl (C=O) groups is 2. The van der Waals surface area contributed by atoms with Crippen molar-refractivity contribution < 1.29 is 14.3 Å². The van der Waals surface area contributed by atoms with Crippen molar-refractivity contribution in [2.24, 2.45) is 11.7 Å². The van der Waals surface area contributed by atoms with Gasteiger partial charge >= 0.3 is 0 Å². The fourth-order valence-electron chi connectivity index (χ4n) is 2.72.